The fourth-order valence-electron chi connectivity index (χ4n) is 4.34. The Morgan fingerprint density at radius 2 is 1.81 bits per heavy atom. The Morgan fingerprint density at radius 3 is 2.65 bits per heavy atom. The number of halogens is 1. The van der Waals surface area contributed by atoms with Crippen molar-refractivity contribution >= 4 is 39.5 Å². The van der Waals surface area contributed by atoms with E-state index in [1.807, 2.05) is 54.3 Å². The smallest absolute Gasteiger partial charge is 0.250 e. The number of hydrogen-bond acceptors (Lipinski definition) is 6. The fourth-order valence-corrected chi connectivity index (χ4v) is 4.52. The molecule has 0 aliphatic rings. The number of aromatic amines is 1. The van der Waals surface area contributed by atoms with Crippen LogP contribution in [0.25, 0.3) is 22.1 Å². The van der Waals surface area contributed by atoms with Gasteiger partial charge in [0.25, 0.3) is 5.56 Å². The number of pyridine rings is 2. The van der Waals surface area contributed by atoms with Crippen LogP contribution in [-0.2, 0) is 19.6 Å². The molecule has 0 atom stereocenters. The number of nitrogens with one attached hydrogen (secondary N) is 2. The van der Waals surface area contributed by atoms with E-state index in [1.165, 1.54) is 12.4 Å². The van der Waals surface area contributed by atoms with E-state index in [9.17, 15) is 4.79 Å². The molecule has 5 aromatic heterocycles. The molecule has 6 rings (SSSR count). The third-order valence-corrected chi connectivity index (χ3v) is 6.53. The molecule has 1 aromatic carbocycles. The minimum absolute atomic E-state index is 0.0846. The van der Waals surface area contributed by atoms with Gasteiger partial charge < -0.3 is 14.9 Å². The van der Waals surface area contributed by atoms with Gasteiger partial charge in [0.05, 0.1) is 23.5 Å². The van der Waals surface area contributed by atoms with Crippen LogP contribution in [0, 0.1) is 6.92 Å². The summed E-state index contributed by atoms with van der Waals surface area (Å²) in [4.78, 5) is 28.6. The molecule has 0 fully saturated rings. The number of aromatic nitrogens is 7. The Morgan fingerprint density at radius 1 is 1.00 bits per heavy atom. The van der Waals surface area contributed by atoms with Crippen molar-refractivity contribution in [2.45, 2.75) is 26.6 Å². The number of anilines is 1. The molecule has 0 amide bonds. The lowest BCUT2D eigenvalue weighted by atomic mass is 10.1. The third-order valence-electron chi connectivity index (χ3n) is 6.31. The highest BCUT2D eigenvalue weighted by atomic mass is 35.5. The van der Waals surface area contributed by atoms with E-state index >= 15 is 0 Å². The number of fused-ring (bicyclic) bond motifs is 2. The van der Waals surface area contributed by atoms with Crippen LogP contribution < -0.4 is 10.9 Å². The normalized spacial score (nSPS) is 11.4. The Bertz CT molecular complexity index is 1780. The zero-order valence-corrected chi connectivity index (χ0v) is 20.8. The van der Waals surface area contributed by atoms with Gasteiger partial charge in [-0.15, -0.1) is 0 Å². The third kappa shape index (κ3) is 4.81. The second kappa shape index (κ2) is 9.51. The number of nitrogens with zero attached hydrogens (tertiary/aromatic N) is 6. The lowest BCUT2D eigenvalue weighted by molar-refractivity contribution is 0.692. The summed E-state index contributed by atoms with van der Waals surface area (Å²) in [5, 5.41) is 10.5. The van der Waals surface area contributed by atoms with E-state index in [-0.39, 0.29) is 5.56 Å². The monoisotopic (exact) mass is 510 g/mol. The maximum atomic E-state index is 12.1. The molecule has 10 heteroatoms. The molecule has 0 spiro atoms. The summed E-state index contributed by atoms with van der Waals surface area (Å²) in [5.41, 5.74) is 5.60. The summed E-state index contributed by atoms with van der Waals surface area (Å²) in [7, 11) is 0. The van der Waals surface area contributed by atoms with E-state index in [0.717, 1.165) is 44.6 Å². The number of H-pyrrole nitrogens is 1. The highest BCUT2D eigenvalue weighted by Crippen LogP contribution is 2.21. The van der Waals surface area contributed by atoms with Crippen LogP contribution in [0.2, 0.25) is 5.02 Å². The first-order valence-electron chi connectivity index (χ1n) is 11.8. The SMILES string of the molecule is Cc1nc2[nH]ccc2cc1CNc1ncnc2nn(Cc3ccc(Cn4cc(Cl)ccc4=O)cc3)cc12. The number of aryl methyl sites for hydroxylation is 1. The minimum Gasteiger partial charge on any atom is -0.365 e. The van der Waals surface area contributed by atoms with Crippen LogP contribution >= 0.6 is 11.6 Å². The quantitative estimate of drug-likeness (QED) is 0.327. The molecule has 0 aliphatic heterocycles. The summed E-state index contributed by atoms with van der Waals surface area (Å²) in [6.45, 7) is 3.64. The summed E-state index contributed by atoms with van der Waals surface area (Å²) < 4.78 is 3.46. The molecular weight excluding hydrogens is 488 g/mol. The Hall–Kier alpha value is -4.50. The second-order valence-electron chi connectivity index (χ2n) is 8.92. The van der Waals surface area contributed by atoms with Gasteiger partial charge in [-0.3, -0.25) is 9.48 Å². The number of benzene rings is 1. The first-order chi connectivity index (χ1) is 18.0. The van der Waals surface area contributed by atoms with E-state index in [2.05, 4.69) is 36.4 Å². The van der Waals surface area contributed by atoms with Crippen molar-refractivity contribution in [3.05, 3.63) is 111 Å². The summed E-state index contributed by atoms with van der Waals surface area (Å²) in [6, 6.07) is 15.3. The van der Waals surface area contributed by atoms with E-state index in [4.69, 9.17) is 11.6 Å². The van der Waals surface area contributed by atoms with Crippen molar-refractivity contribution < 1.29 is 0 Å². The van der Waals surface area contributed by atoms with Crippen molar-refractivity contribution in [3.63, 3.8) is 0 Å². The zero-order valence-electron chi connectivity index (χ0n) is 20.0. The van der Waals surface area contributed by atoms with Crippen molar-refractivity contribution in [2.75, 3.05) is 5.32 Å². The Kier molecular flexibility index (Phi) is 5.90. The fraction of sp³-hybridized carbons (Fsp3) is 0.148. The Labute approximate surface area is 216 Å². The highest BCUT2D eigenvalue weighted by Gasteiger charge is 2.11. The van der Waals surface area contributed by atoms with Gasteiger partial charge in [0.15, 0.2) is 5.65 Å². The van der Waals surface area contributed by atoms with E-state index in [0.29, 0.717) is 30.3 Å². The van der Waals surface area contributed by atoms with Gasteiger partial charge in [-0.05, 0) is 41.8 Å². The average molecular weight is 511 g/mol. The van der Waals surface area contributed by atoms with Gasteiger partial charge in [-0.25, -0.2) is 15.0 Å². The van der Waals surface area contributed by atoms with E-state index in [1.54, 1.807) is 16.8 Å². The summed E-state index contributed by atoms with van der Waals surface area (Å²) in [6.07, 6.45) is 7.02. The first-order valence-corrected chi connectivity index (χ1v) is 12.2. The van der Waals surface area contributed by atoms with Crippen LogP contribution in [0.15, 0.2) is 78.2 Å². The molecular formula is C27H23ClN8O. The first kappa shape index (κ1) is 22.9. The lowest BCUT2D eigenvalue weighted by Gasteiger charge is -2.08. The summed E-state index contributed by atoms with van der Waals surface area (Å²) >= 11 is 6.03. The molecule has 37 heavy (non-hydrogen) atoms. The lowest BCUT2D eigenvalue weighted by Crippen LogP contribution is -2.18. The molecule has 5 heterocycles. The predicted molar refractivity (Wildman–Crippen MR) is 144 cm³/mol. The average Bonchev–Trinajstić information content (AvgIpc) is 3.52. The minimum atomic E-state index is -0.0846. The van der Waals surface area contributed by atoms with Crippen molar-refractivity contribution in [1.29, 1.82) is 0 Å². The number of rotatable bonds is 7. The van der Waals surface area contributed by atoms with Crippen LogP contribution in [0.4, 0.5) is 5.82 Å². The van der Waals surface area contributed by atoms with Crippen LogP contribution in [0.1, 0.15) is 22.4 Å². The number of hydrogen-bond donors (Lipinski definition) is 2. The standard InChI is InChI=1S/C27H23ClN8O/c1-17-21(10-20-8-9-29-25(20)33-17)11-30-26-23-15-36(34-27(23)32-16-31-26)13-19-4-2-18(3-5-19)12-35-14-22(28)6-7-24(35)37/h2-10,14-16H,11-13H2,1H3,(H,29,33)(H,30,31,32,34). The molecule has 6 aromatic rings. The van der Waals surface area contributed by atoms with Crippen molar-refractivity contribution in [3.8, 4) is 0 Å². The van der Waals surface area contributed by atoms with Crippen molar-refractivity contribution in [2.24, 2.45) is 0 Å². The topological polar surface area (TPSA) is 106 Å². The van der Waals surface area contributed by atoms with Gasteiger partial charge in [0.2, 0.25) is 0 Å². The maximum absolute atomic E-state index is 12.1. The van der Waals surface area contributed by atoms with Crippen LogP contribution in [0.3, 0.4) is 0 Å². The molecule has 0 unspecified atom stereocenters. The van der Waals surface area contributed by atoms with Gasteiger partial charge in [-0.2, -0.15) is 5.10 Å². The molecule has 0 radical (unpaired) electrons. The molecule has 0 bridgehead atoms. The second-order valence-corrected chi connectivity index (χ2v) is 9.35. The summed E-state index contributed by atoms with van der Waals surface area (Å²) in [5.74, 6) is 0.729. The molecule has 184 valence electrons. The predicted octanol–water partition coefficient (Wildman–Crippen LogP) is 4.53. The molecule has 0 aliphatic carbocycles. The van der Waals surface area contributed by atoms with Gasteiger partial charge in [0.1, 0.15) is 17.8 Å². The van der Waals surface area contributed by atoms with Crippen molar-refractivity contribution in [1.82, 2.24) is 34.3 Å². The molecule has 0 saturated carbocycles. The molecule has 9 nitrogen and oxygen atoms in total. The van der Waals surface area contributed by atoms with E-state index < -0.39 is 0 Å². The highest BCUT2D eigenvalue weighted by molar-refractivity contribution is 6.30. The molecule has 2 N–H and O–H groups in total. The molecule has 0 saturated heterocycles. The Balaban J connectivity index is 1.17. The van der Waals surface area contributed by atoms with Crippen LogP contribution in [0.5, 0.6) is 0 Å². The largest absolute Gasteiger partial charge is 0.365 e. The van der Waals surface area contributed by atoms with Gasteiger partial charge in [0, 0.05) is 42.3 Å². The zero-order chi connectivity index (χ0) is 25.4. The maximum Gasteiger partial charge on any atom is 0.250 e. The van der Waals surface area contributed by atoms with Gasteiger partial charge >= 0.3 is 0 Å². The van der Waals surface area contributed by atoms with Gasteiger partial charge in [-0.1, -0.05) is 35.9 Å². The van der Waals surface area contributed by atoms with Crippen LogP contribution in [-0.4, -0.2) is 34.3 Å².